The van der Waals surface area contributed by atoms with E-state index < -0.39 is 6.10 Å². The molecule has 1 aliphatic rings. The number of nitrogens with zero attached hydrogens (tertiary/aromatic N) is 3. The maximum atomic E-state index is 12.3. The zero-order chi connectivity index (χ0) is 17.7. The molecule has 6 nitrogen and oxygen atoms in total. The highest BCUT2D eigenvalue weighted by Crippen LogP contribution is 2.16. The SMILES string of the molecule is Cc1c(C(=O)NCC(O)CN2CCC(C)CC2)cnn1CC(C)C. The minimum absolute atomic E-state index is 0.158. The van der Waals surface area contributed by atoms with Gasteiger partial charge >= 0.3 is 0 Å². The van der Waals surface area contributed by atoms with Crippen LogP contribution in [0.1, 0.15) is 49.7 Å². The van der Waals surface area contributed by atoms with E-state index in [1.165, 1.54) is 12.8 Å². The fourth-order valence-corrected chi connectivity index (χ4v) is 3.11. The first kappa shape index (κ1) is 18.9. The molecule has 6 heteroatoms. The van der Waals surface area contributed by atoms with Crippen LogP contribution in [-0.4, -0.2) is 58.0 Å². The maximum absolute atomic E-state index is 12.3. The molecule has 0 bridgehead atoms. The number of likely N-dealkylation sites (tertiary alicyclic amines) is 1. The Morgan fingerprint density at radius 3 is 2.67 bits per heavy atom. The maximum Gasteiger partial charge on any atom is 0.254 e. The number of piperidine rings is 1. The number of aliphatic hydroxyl groups excluding tert-OH is 1. The first-order valence-corrected chi connectivity index (χ1v) is 9.07. The van der Waals surface area contributed by atoms with Crippen LogP contribution in [0.25, 0.3) is 0 Å². The normalized spacial score (nSPS) is 18.1. The molecule has 1 amide bonds. The predicted molar refractivity (Wildman–Crippen MR) is 95.0 cm³/mol. The summed E-state index contributed by atoms with van der Waals surface area (Å²) in [6.45, 7) is 12.2. The molecule has 1 fully saturated rings. The molecule has 0 aliphatic carbocycles. The lowest BCUT2D eigenvalue weighted by Crippen LogP contribution is -2.43. The zero-order valence-electron chi connectivity index (χ0n) is 15.5. The molecule has 0 radical (unpaired) electrons. The van der Waals surface area contributed by atoms with Gasteiger partial charge in [-0.2, -0.15) is 5.10 Å². The van der Waals surface area contributed by atoms with Gasteiger partial charge in [0.15, 0.2) is 0 Å². The van der Waals surface area contributed by atoms with Gasteiger partial charge in [0.1, 0.15) is 0 Å². The molecule has 1 atom stereocenters. The Hall–Kier alpha value is -1.40. The summed E-state index contributed by atoms with van der Waals surface area (Å²) in [5.74, 6) is 1.10. The number of hydrogen-bond donors (Lipinski definition) is 2. The molecule has 1 aromatic heterocycles. The smallest absolute Gasteiger partial charge is 0.254 e. The van der Waals surface area contributed by atoms with E-state index >= 15 is 0 Å². The number of amides is 1. The highest BCUT2D eigenvalue weighted by Gasteiger charge is 2.20. The van der Waals surface area contributed by atoms with Crippen LogP contribution in [0.15, 0.2) is 6.20 Å². The van der Waals surface area contributed by atoms with Crippen LogP contribution >= 0.6 is 0 Å². The first-order valence-electron chi connectivity index (χ1n) is 9.07. The van der Waals surface area contributed by atoms with Crippen LogP contribution in [0.5, 0.6) is 0 Å². The van der Waals surface area contributed by atoms with Crippen molar-refractivity contribution in [3.8, 4) is 0 Å². The molecule has 2 heterocycles. The Morgan fingerprint density at radius 2 is 2.04 bits per heavy atom. The summed E-state index contributed by atoms with van der Waals surface area (Å²) in [6.07, 6.45) is 3.46. The van der Waals surface area contributed by atoms with Crippen molar-refractivity contribution >= 4 is 5.91 Å². The van der Waals surface area contributed by atoms with E-state index in [9.17, 15) is 9.90 Å². The van der Waals surface area contributed by atoms with Crippen LogP contribution in [0.4, 0.5) is 0 Å². The standard InChI is InChI=1S/C18H32N4O2/c1-13(2)11-22-15(4)17(10-20-22)18(24)19-9-16(23)12-21-7-5-14(3)6-8-21/h10,13-14,16,23H,5-9,11-12H2,1-4H3,(H,19,24). The molecular formula is C18H32N4O2. The van der Waals surface area contributed by atoms with Gasteiger partial charge in [-0.25, -0.2) is 0 Å². The van der Waals surface area contributed by atoms with E-state index in [1.54, 1.807) is 6.20 Å². The molecular weight excluding hydrogens is 304 g/mol. The van der Waals surface area contributed by atoms with Crippen molar-refractivity contribution in [3.05, 3.63) is 17.5 Å². The van der Waals surface area contributed by atoms with E-state index in [4.69, 9.17) is 0 Å². The first-order chi connectivity index (χ1) is 11.4. The number of β-amino-alcohol motifs (C(OH)–C–C–N with tert-alkyl or cyclic N) is 1. The summed E-state index contributed by atoms with van der Waals surface area (Å²) in [5, 5.41) is 17.3. The summed E-state index contributed by atoms with van der Waals surface area (Å²) in [5.41, 5.74) is 1.47. The summed E-state index contributed by atoms with van der Waals surface area (Å²) in [6, 6.07) is 0. The zero-order valence-corrected chi connectivity index (χ0v) is 15.5. The third-order valence-electron chi connectivity index (χ3n) is 4.73. The van der Waals surface area contributed by atoms with Crippen LogP contribution in [0.3, 0.4) is 0 Å². The van der Waals surface area contributed by atoms with Gasteiger partial charge in [0.2, 0.25) is 0 Å². The highest BCUT2D eigenvalue weighted by molar-refractivity contribution is 5.95. The van der Waals surface area contributed by atoms with Gasteiger partial charge in [0.25, 0.3) is 5.91 Å². The Balaban J connectivity index is 1.79. The molecule has 0 saturated carbocycles. The number of aliphatic hydroxyl groups is 1. The van der Waals surface area contributed by atoms with Crippen molar-refractivity contribution in [2.75, 3.05) is 26.2 Å². The van der Waals surface area contributed by atoms with Gasteiger partial charge < -0.3 is 15.3 Å². The van der Waals surface area contributed by atoms with E-state index in [1.807, 2.05) is 11.6 Å². The summed E-state index contributed by atoms with van der Waals surface area (Å²) < 4.78 is 1.87. The molecule has 2 N–H and O–H groups in total. The minimum Gasteiger partial charge on any atom is -0.390 e. The number of carbonyl (C=O) groups is 1. The Labute approximate surface area is 145 Å². The average molecular weight is 336 g/mol. The average Bonchev–Trinajstić information content (AvgIpc) is 2.88. The van der Waals surface area contributed by atoms with Crippen LogP contribution < -0.4 is 5.32 Å². The van der Waals surface area contributed by atoms with Crippen LogP contribution in [-0.2, 0) is 6.54 Å². The fourth-order valence-electron chi connectivity index (χ4n) is 3.11. The van der Waals surface area contributed by atoms with Gasteiger partial charge in [0.05, 0.1) is 17.9 Å². The van der Waals surface area contributed by atoms with Crippen molar-refractivity contribution in [2.24, 2.45) is 11.8 Å². The van der Waals surface area contributed by atoms with Crippen molar-refractivity contribution in [1.29, 1.82) is 0 Å². The fraction of sp³-hybridized carbons (Fsp3) is 0.778. The lowest BCUT2D eigenvalue weighted by molar-refractivity contribution is 0.0795. The van der Waals surface area contributed by atoms with Crippen molar-refractivity contribution in [3.63, 3.8) is 0 Å². The van der Waals surface area contributed by atoms with E-state index in [-0.39, 0.29) is 12.5 Å². The third kappa shape index (κ3) is 5.31. The van der Waals surface area contributed by atoms with E-state index in [2.05, 4.69) is 36.1 Å². The minimum atomic E-state index is -0.534. The van der Waals surface area contributed by atoms with Gasteiger partial charge in [-0.1, -0.05) is 20.8 Å². The van der Waals surface area contributed by atoms with Crippen LogP contribution in [0, 0.1) is 18.8 Å². The lowest BCUT2D eigenvalue weighted by Gasteiger charge is -2.31. The number of hydrogen-bond acceptors (Lipinski definition) is 4. The molecule has 2 rings (SSSR count). The van der Waals surface area contributed by atoms with Crippen molar-refractivity contribution in [1.82, 2.24) is 20.0 Å². The number of rotatable bonds is 7. The van der Waals surface area contributed by atoms with E-state index in [0.717, 1.165) is 31.2 Å². The van der Waals surface area contributed by atoms with Crippen molar-refractivity contribution < 1.29 is 9.90 Å². The molecule has 0 spiro atoms. The monoisotopic (exact) mass is 336 g/mol. The van der Waals surface area contributed by atoms with E-state index in [0.29, 0.717) is 18.0 Å². The molecule has 136 valence electrons. The molecule has 0 aromatic carbocycles. The van der Waals surface area contributed by atoms with Crippen molar-refractivity contribution in [2.45, 2.75) is 53.2 Å². The Kier molecular flexibility index (Phi) is 6.80. The second-order valence-corrected chi connectivity index (χ2v) is 7.57. The second kappa shape index (κ2) is 8.62. The topological polar surface area (TPSA) is 70.4 Å². The second-order valence-electron chi connectivity index (χ2n) is 7.57. The summed E-state index contributed by atoms with van der Waals surface area (Å²) in [7, 11) is 0. The molecule has 1 saturated heterocycles. The number of carbonyl (C=O) groups excluding carboxylic acids is 1. The largest absolute Gasteiger partial charge is 0.390 e. The Bertz CT molecular complexity index is 533. The molecule has 1 aromatic rings. The number of nitrogens with one attached hydrogen (secondary N) is 1. The van der Waals surface area contributed by atoms with Gasteiger partial charge in [-0.3, -0.25) is 9.48 Å². The van der Waals surface area contributed by atoms with Gasteiger partial charge in [-0.15, -0.1) is 0 Å². The summed E-state index contributed by atoms with van der Waals surface area (Å²) >= 11 is 0. The molecule has 1 unspecified atom stereocenters. The molecule has 1 aliphatic heterocycles. The highest BCUT2D eigenvalue weighted by atomic mass is 16.3. The molecule has 24 heavy (non-hydrogen) atoms. The Morgan fingerprint density at radius 1 is 1.38 bits per heavy atom. The quantitative estimate of drug-likeness (QED) is 0.795. The van der Waals surface area contributed by atoms with Crippen LogP contribution in [0.2, 0.25) is 0 Å². The van der Waals surface area contributed by atoms with Gasteiger partial charge in [-0.05, 0) is 44.7 Å². The summed E-state index contributed by atoms with van der Waals surface area (Å²) in [4.78, 5) is 14.6. The lowest BCUT2D eigenvalue weighted by atomic mass is 9.99. The predicted octanol–water partition coefficient (Wildman–Crippen LogP) is 1.67. The third-order valence-corrected chi connectivity index (χ3v) is 4.73. The van der Waals surface area contributed by atoms with Gasteiger partial charge in [0, 0.05) is 25.3 Å². The number of aromatic nitrogens is 2.